The molecule has 0 saturated carbocycles. The first kappa shape index (κ1) is 34.7. The number of unbranched alkanes of at least 4 members (excludes halogenated alkanes) is 9. The van der Waals surface area contributed by atoms with Crippen LogP contribution in [0.3, 0.4) is 0 Å². The van der Waals surface area contributed by atoms with Gasteiger partial charge in [-0.15, -0.1) is 5.10 Å². The van der Waals surface area contributed by atoms with Gasteiger partial charge in [0.05, 0.1) is 16.3 Å². The second kappa shape index (κ2) is 18.1. The first-order valence-corrected chi connectivity index (χ1v) is 18.0. The Hall–Kier alpha value is -4.14. The lowest BCUT2D eigenvalue weighted by Crippen LogP contribution is -2.44. The summed E-state index contributed by atoms with van der Waals surface area (Å²) in [5.41, 5.74) is 8.84. The van der Waals surface area contributed by atoms with Crippen LogP contribution in [0.25, 0.3) is 0 Å². The highest BCUT2D eigenvalue weighted by atomic mass is 32.2. The number of hydrazine groups is 2. The molecule has 8 heteroatoms. The van der Waals surface area contributed by atoms with E-state index in [9.17, 15) is 8.42 Å². The lowest BCUT2D eigenvalue weighted by Gasteiger charge is -2.28. The number of hydrazone groups is 1. The van der Waals surface area contributed by atoms with Crippen LogP contribution >= 0.6 is 0 Å². The molecule has 1 aliphatic rings. The first-order chi connectivity index (χ1) is 22.3. The van der Waals surface area contributed by atoms with Gasteiger partial charge in [-0.3, -0.25) is 9.98 Å². The lowest BCUT2D eigenvalue weighted by molar-refractivity contribution is 0.483. The molecule has 4 aromatic carbocycles. The molecule has 0 atom stereocenters. The van der Waals surface area contributed by atoms with E-state index in [-0.39, 0.29) is 4.90 Å². The number of rotatable bonds is 15. The Morgan fingerprint density at radius 3 is 1.76 bits per heavy atom. The molecule has 0 aromatic heterocycles. The average Bonchev–Trinajstić information content (AvgIpc) is 3.53. The van der Waals surface area contributed by atoms with E-state index in [1.807, 2.05) is 70.9 Å². The minimum Gasteiger partial charge on any atom is -0.282 e. The van der Waals surface area contributed by atoms with Gasteiger partial charge < -0.3 is 0 Å². The van der Waals surface area contributed by atoms with Crippen LogP contribution in [0.5, 0.6) is 0 Å². The van der Waals surface area contributed by atoms with Gasteiger partial charge in [-0.25, -0.2) is 0 Å². The Morgan fingerprint density at radius 1 is 0.652 bits per heavy atom. The number of nitrogens with zero attached hydrogens (tertiary/aromatic N) is 3. The Morgan fingerprint density at radius 2 is 1.20 bits per heavy atom. The molecular weight excluding hydrogens is 593 g/mol. The first-order valence-electron chi connectivity index (χ1n) is 16.5. The van der Waals surface area contributed by atoms with Crippen LogP contribution in [0.4, 0.5) is 11.4 Å². The summed E-state index contributed by atoms with van der Waals surface area (Å²) < 4.78 is 30.8. The SMILES string of the molecule is CCCCCCCCCCCCc1ccc(S(=O)(=O)O)cc1.Cc1ccc(N2NC(c3ccccc3)=NN2c2ccccc2)cc1. The number of hydrogen-bond acceptors (Lipinski definition) is 6. The molecule has 0 spiro atoms. The number of amidine groups is 1. The maximum absolute atomic E-state index is 10.9. The van der Waals surface area contributed by atoms with E-state index in [0.717, 1.165) is 41.2 Å². The summed E-state index contributed by atoms with van der Waals surface area (Å²) in [7, 11) is -4.06. The van der Waals surface area contributed by atoms with Crippen LogP contribution < -0.4 is 15.7 Å². The smallest absolute Gasteiger partial charge is 0.282 e. The molecule has 1 heterocycles. The summed E-state index contributed by atoms with van der Waals surface area (Å²) in [6, 6.07) is 35.1. The number of nitrogens with one attached hydrogen (secondary N) is 1. The van der Waals surface area contributed by atoms with Crippen LogP contribution in [0, 0.1) is 6.92 Å². The Balaban J connectivity index is 0.000000210. The molecule has 244 valence electrons. The minimum absolute atomic E-state index is 0.0284. The molecule has 0 fully saturated rings. The van der Waals surface area contributed by atoms with Crippen molar-refractivity contribution in [1.82, 2.24) is 5.43 Å². The third kappa shape index (κ3) is 11.0. The van der Waals surface area contributed by atoms with Gasteiger partial charge in [-0.05, 0) is 61.7 Å². The monoisotopic (exact) mass is 640 g/mol. The van der Waals surface area contributed by atoms with Crippen LogP contribution in [-0.4, -0.2) is 18.8 Å². The van der Waals surface area contributed by atoms with E-state index in [0.29, 0.717) is 0 Å². The van der Waals surface area contributed by atoms with Crippen LogP contribution in [0.2, 0.25) is 0 Å². The summed E-state index contributed by atoms with van der Waals surface area (Å²) in [6.45, 7) is 4.33. The summed E-state index contributed by atoms with van der Waals surface area (Å²) in [5, 5.41) is 8.61. The Labute approximate surface area is 275 Å². The molecule has 0 bridgehead atoms. The second-order valence-corrected chi connectivity index (χ2v) is 13.2. The number of hydrogen-bond donors (Lipinski definition) is 2. The fourth-order valence-corrected chi connectivity index (χ4v) is 5.75. The topological polar surface area (TPSA) is 85.2 Å². The molecule has 7 nitrogen and oxygen atoms in total. The fourth-order valence-electron chi connectivity index (χ4n) is 5.27. The van der Waals surface area contributed by atoms with Crippen LogP contribution in [-0.2, 0) is 16.5 Å². The molecule has 0 aliphatic carbocycles. The van der Waals surface area contributed by atoms with Gasteiger partial charge in [0.1, 0.15) is 0 Å². The zero-order valence-corrected chi connectivity index (χ0v) is 28.0. The van der Waals surface area contributed by atoms with Crippen molar-refractivity contribution in [3.63, 3.8) is 0 Å². The van der Waals surface area contributed by atoms with Gasteiger partial charge in [0.15, 0.2) is 5.84 Å². The van der Waals surface area contributed by atoms with Crippen molar-refractivity contribution >= 4 is 27.3 Å². The predicted octanol–water partition coefficient (Wildman–Crippen LogP) is 9.50. The highest BCUT2D eigenvalue weighted by Gasteiger charge is 2.26. The van der Waals surface area contributed by atoms with Gasteiger partial charge in [-0.1, -0.05) is 143 Å². The van der Waals surface area contributed by atoms with E-state index in [1.165, 1.54) is 75.5 Å². The van der Waals surface area contributed by atoms with Crippen molar-refractivity contribution in [2.45, 2.75) is 89.4 Å². The van der Waals surface area contributed by atoms with E-state index in [1.54, 1.807) is 12.1 Å². The molecule has 4 aromatic rings. The second-order valence-electron chi connectivity index (χ2n) is 11.7. The highest BCUT2D eigenvalue weighted by Crippen LogP contribution is 2.26. The van der Waals surface area contributed by atoms with Gasteiger partial charge in [0.2, 0.25) is 0 Å². The zero-order chi connectivity index (χ0) is 32.6. The summed E-state index contributed by atoms with van der Waals surface area (Å²) >= 11 is 0. The third-order valence-electron chi connectivity index (χ3n) is 7.95. The maximum Gasteiger partial charge on any atom is 0.294 e. The van der Waals surface area contributed by atoms with Gasteiger partial charge in [-0.2, -0.15) is 18.7 Å². The van der Waals surface area contributed by atoms with Crippen molar-refractivity contribution in [3.05, 3.63) is 126 Å². The molecule has 0 amide bonds. The number of benzene rings is 4. The van der Waals surface area contributed by atoms with E-state index >= 15 is 0 Å². The van der Waals surface area contributed by atoms with Crippen molar-refractivity contribution in [3.8, 4) is 0 Å². The van der Waals surface area contributed by atoms with Crippen LogP contribution in [0.1, 0.15) is 87.8 Å². The fraction of sp³-hybridized carbons (Fsp3) is 0.342. The molecule has 0 unspecified atom stereocenters. The highest BCUT2D eigenvalue weighted by molar-refractivity contribution is 7.85. The molecule has 0 saturated heterocycles. The van der Waals surface area contributed by atoms with Crippen molar-refractivity contribution in [2.24, 2.45) is 5.10 Å². The normalized spacial score (nSPS) is 12.7. The maximum atomic E-state index is 10.9. The lowest BCUT2D eigenvalue weighted by atomic mass is 10.0. The van der Waals surface area contributed by atoms with Crippen molar-refractivity contribution < 1.29 is 13.0 Å². The van der Waals surface area contributed by atoms with Gasteiger partial charge in [0, 0.05) is 5.56 Å². The summed E-state index contributed by atoms with van der Waals surface area (Å²) in [4.78, 5) is -0.0284. The zero-order valence-electron chi connectivity index (χ0n) is 27.2. The average molecular weight is 641 g/mol. The van der Waals surface area contributed by atoms with E-state index < -0.39 is 10.1 Å². The van der Waals surface area contributed by atoms with Gasteiger partial charge >= 0.3 is 0 Å². The Bertz CT molecular complexity index is 1580. The van der Waals surface area contributed by atoms with E-state index in [4.69, 9.17) is 9.65 Å². The largest absolute Gasteiger partial charge is 0.294 e. The molecule has 0 radical (unpaired) electrons. The predicted molar refractivity (Wildman–Crippen MR) is 190 cm³/mol. The third-order valence-corrected chi connectivity index (χ3v) is 8.82. The quantitative estimate of drug-likeness (QED) is 0.0995. The summed E-state index contributed by atoms with van der Waals surface area (Å²) in [5.74, 6) is 0.819. The molecular formula is C38H48N4O3S. The molecule has 5 rings (SSSR count). The van der Waals surface area contributed by atoms with Crippen molar-refractivity contribution in [1.29, 1.82) is 0 Å². The molecule has 2 N–H and O–H groups in total. The van der Waals surface area contributed by atoms with Crippen molar-refractivity contribution in [2.75, 3.05) is 10.2 Å². The molecule has 1 aliphatic heterocycles. The molecule has 46 heavy (non-hydrogen) atoms. The Kier molecular flexibility index (Phi) is 13.7. The standard InChI is InChI=1S/C20H18N4.C18H30O3S/c1-16-12-14-19(15-13-16)24-22-20(17-8-4-2-5-9-17)21-23(24)18-10-6-3-7-11-18;1-2-3-4-5-6-7-8-9-10-11-12-17-13-15-18(16-14-17)22(19,20)21/h2-15H,1H3,(H,21,22);13-16H,2-12H2,1H3,(H,19,20,21). The number of para-hydroxylation sites is 1. The number of aryl methyl sites for hydroxylation is 2. The number of anilines is 2. The van der Waals surface area contributed by atoms with Crippen LogP contribution in [0.15, 0.2) is 119 Å². The minimum atomic E-state index is -4.06. The van der Waals surface area contributed by atoms with Gasteiger partial charge in [0.25, 0.3) is 10.1 Å². The summed E-state index contributed by atoms with van der Waals surface area (Å²) in [6.07, 6.45) is 14.1. The van der Waals surface area contributed by atoms with E-state index in [2.05, 4.69) is 43.5 Å².